The standard InChI is InChI=1S/C19H23NO6S/c1-5-7-14-8-10-15(11-9-14)20-13-16(26-18(20)22)12-19(3,27(4,23)24)17(21)25-6-2/h8-11,16H,6,12-13H2,1-4H3. The van der Waals surface area contributed by atoms with Gasteiger partial charge in [0.15, 0.2) is 14.6 Å². The predicted molar refractivity (Wildman–Crippen MR) is 101 cm³/mol. The third-order valence-corrected chi connectivity index (χ3v) is 6.44. The highest BCUT2D eigenvalue weighted by atomic mass is 32.2. The van der Waals surface area contributed by atoms with Crippen LogP contribution in [-0.4, -0.2) is 50.7 Å². The maximum Gasteiger partial charge on any atom is 0.414 e. The van der Waals surface area contributed by atoms with E-state index in [1.807, 2.05) is 0 Å². The summed E-state index contributed by atoms with van der Waals surface area (Å²) in [5.74, 6) is 4.87. The minimum atomic E-state index is -3.78. The molecule has 2 atom stereocenters. The van der Waals surface area contributed by atoms with E-state index in [2.05, 4.69) is 11.8 Å². The number of hydrogen-bond acceptors (Lipinski definition) is 6. The molecule has 2 unspecified atom stereocenters. The molecule has 1 saturated heterocycles. The number of hydrogen-bond donors (Lipinski definition) is 0. The number of anilines is 1. The minimum absolute atomic E-state index is 0.0630. The Morgan fingerprint density at radius 1 is 1.37 bits per heavy atom. The second kappa shape index (κ2) is 8.01. The predicted octanol–water partition coefficient (Wildman–Crippen LogP) is 2.14. The number of cyclic esters (lactones) is 1. The maximum atomic E-state index is 12.3. The summed E-state index contributed by atoms with van der Waals surface area (Å²) in [4.78, 5) is 25.9. The fourth-order valence-corrected chi connectivity index (χ4v) is 3.66. The van der Waals surface area contributed by atoms with E-state index in [4.69, 9.17) is 9.47 Å². The van der Waals surface area contributed by atoms with Gasteiger partial charge in [-0.3, -0.25) is 9.69 Å². The van der Waals surface area contributed by atoms with Crippen LogP contribution in [0.4, 0.5) is 10.5 Å². The Morgan fingerprint density at radius 3 is 2.52 bits per heavy atom. The fourth-order valence-electron chi connectivity index (χ4n) is 2.81. The van der Waals surface area contributed by atoms with E-state index in [0.717, 1.165) is 11.8 Å². The summed E-state index contributed by atoms with van der Waals surface area (Å²) in [5, 5.41) is 0. The Bertz CT molecular complexity index is 881. The molecule has 0 radical (unpaired) electrons. The normalized spacial score (nSPS) is 18.9. The molecule has 1 fully saturated rings. The summed E-state index contributed by atoms with van der Waals surface area (Å²) in [7, 11) is -3.78. The van der Waals surface area contributed by atoms with Gasteiger partial charge in [-0.05, 0) is 45.0 Å². The topological polar surface area (TPSA) is 90.0 Å². The Balaban J connectivity index is 2.20. The number of amides is 1. The van der Waals surface area contributed by atoms with Crippen molar-refractivity contribution < 1.29 is 27.5 Å². The molecule has 7 nitrogen and oxygen atoms in total. The Kier molecular flexibility index (Phi) is 6.16. The molecule has 0 saturated carbocycles. The Labute approximate surface area is 159 Å². The summed E-state index contributed by atoms with van der Waals surface area (Å²) < 4.78 is 32.9. The van der Waals surface area contributed by atoms with Gasteiger partial charge >= 0.3 is 12.1 Å². The molecule has 2 rings (SSSR count). The molecule has 1 amide bonds. The average Bonchev–Trinajstić information content (AvgIpc) is 2.95. The molecule has 27 heavy (non-hydrogen) atoms. The van der Waals surface area contributed by atoms with Gasteiger partial charge in [-0.25, -0.2) is 13.2 Å². The van der Waals surface area contributed by atoms with E-state index in [1.165, 1.54) is 11.8 Å². The number of carbonyl (C=O) groups excluding carboxylic acids is 2. The molecule has 1 aromatic carbocycles. The van der Waals surface area contributed by atoms with Crippen LogP contribution in [0.25, 0.3) is 0 Å². The molecule has 1 aliphatic heterocycles. The molecule has 8 heteroatoms. The van der Waals surface area contributed by atoms with Crippen LogP contribution >= 0.6 is 0 Å². The van der Waals surface area contributed by atoms with Gasteiger partial charge in [0.1, 0.15) is 6.10 Å². The SMILES string of the molecule is CC#Cc1ccc(N2CC(CC(C)(C(=O)OCC)S(C)(=O)=O)OC2=O)cc1. The van der Waals surface area contributed by atoms with Gasteiger partial charge in [0.2, 0.25) is 0 Å². The van der Waals surface area contributed by atoms with Crippen molar-refractivity contribution in [3.05, 3.63) is 29.8 Å². The van der Waals surface area contributed by atoms with Crippen molar-refractivity contribution in [2.24, 2.45) is 0 Å². The van der Waals surface area contributed by atoms with Crippen LogP contribution in [0.2, 0.25) is 0 Å². The molecule has 0 aliphatic carbocycles. The van der Waals surface area contributed by atoms with Gasteiger partial charge in [0, 0.05) is 23.9 Å². The van der Waals surface area contributed by atoms with Gasteiger partial charge in [-0.15, -0.1) is 5.92 Å². The zero-order valence-corrected chi connectivity index (χ0v) is 16.6. The Morgan fingerprint density at radius 2 is 2.00 bits per heavy atom. The maximum absolute atomic E-state index is 12.3. The average molecular weight is 393 g/mol. The monoisotopic (exact) mass is 393 g/mol. The number of ether oxygens (including phenoxy) is 2. The first kappa shape index (κ1) is 20.8. The first-order chi connectivity index (χ1) is 12.6. The summed E-state index contributed by atoms with van der Waals surface area (Å²) in [6, 6.07) is 7.05. The number of benzene rings is 1. The zero-order chi connectivity index (χ0) is 20.2. The first-order valence-electron chi connectivity index (χ1n) is 8.50. The van der Waals surface area contributed by atoms with E-state index in [9.17, 15) is 18.0 Å². The molecular formula is C19H23NO6S. The van der Waals surface area contributed by atoms with Gasteiger partial charge in [-0.2, -0.15) is 0 Å². The summed E-state index contributed by atoms with van der Waals surface area (Å²) in [5.41, 5.74) is 1.43. The number of carbonyl (C=O) groups is 2. The molecule has 0 bridgehead atoms. The molecular weight excluding hydrogens is 370 g/mol. The highest BCUT2D eigenvalue weighted by molar-refractivity contribution is 7.92. The lowest BCUT2D eigenvalue weighted by atomic mass is 10.0. The molecule has 1 aromatic rings. The van der Waals surface area contributed by atoms with Crippen LogP contribution in [0.5, 0.6) is 0 Å². The quantitative estimate of drug-likeness (QED) is 0.543. The smallest absolute Gasteiger partial charge is 0.414 e. The molecule has 1 aliphatic rings. The second-order valence-corrected chi connectivity index (χ2v) is 8.91. The number of nitrogens with zero attached hydrogens (tertiary/aromatic N) is 1. The fraction of sp³-hybridized carbons (Fsp3) is 0.474. The number of rotatable bonds is 6. The highest BCUT2D eigenvalue weighted by Crippen LogP contribution is 2.30. The molecule has 0 aromatic heterocycles. The van der Waals surface area contributed by atoms with Crippen molar-refractivity contribution >= 4 is 27.6 Å². The van der Waals surface area contributed by atoms with Gasteiger partial charge in [-0.1, -0.05) is 5.92 Å². The lowest BCUT2D eigenvalue weighted by Gasteiger charge is -2.27. The summed E-state index contributed by atoms with van der Waals surface area (Å²) in [6.07, 6.45) is -0.538. The van der Waals surface area contributed by atoms with Crippen molar-refractivity contribution in [1.82, 2.24) is 0 Å². The molecule has 0 spiro atoms. The first-order valence-corrected chi connectivity index (χ1v) is 10.4. The van der Waals surface area contributed by atoms with Gasteiger partial charge < -0.3 is 9.47 Å². The molecule has 1 heterocycles. The Hall–Kier alpha value is -2.53. The van der Waals surface area contributed by atoms with Crippen LogP contribution in [0, 0.1) is 11.8 Å². The van der Waals surface area contributed by atoms with Crippen LogP contribution in [0.3, 0.4) is 0 Å². The van der Waals surface area contributed by atoms with Gasteiger partial charge in [0.25, 0.3) is 0 Å². The highest BCUT2D eigenvalue weighted by Gasteiger charge is 2.49. The van der Waals surface area contributed by atoms with E-state index in [0.29, 0.717) is 5.69 Å². The van der Waals surface area contributed by atoms with Crippen LogP contribution in [0.1, 0.15) is 32.8 Å². The third kappa shape index (κ3) is 4.42. The lowest BCUT2D eigenvalue weighted by Crippen LogP contribution is -2.47. The van der Waals surface area contributed by atoms with Crippen LogP contribution in [-0.2, 0) is 24.1 Å². The van der Waals surface area contributed by atoms with Crippen molar-refractivity contribution in [3.63, 3.8) is 0 Å². The number of esters is 1. The second-order valence-electron chi connectivity index (χ2n) is 6.47. The van der Waals surface area contributed by atoms with E-state index in [1.54, 1.807) is 38.1 Å². The molecule has 146 valence electrons. The summed E-state index contributed by atoms with van der Waals surface area (Å²) in [6.45, 7) is 4.84. The summed E-state index contributed by atoms with van der Waals surface area (Å²) >= 11 is 0. The van der Waals surface area contributed by atoms with Crippen molar-refractivity contribution in [2.45, 2.75) is 38.0 Å². The number of sulfone groups is 1. The lowest BCUT2D eigenvalue weighted by molar-refractivity contribution is -0.146. The largest absolute Gasteiger partial charge is 0.465 e. The molecule has 0 N–H and O–H groups in total. The minimum Gasteiger partial charge on any atom is -0.465 e. The van der Waals surface area contributed by atoms with E-state index in [-0.39, 0.29) is 19.6 Å². The van der Waals surface area contributed by atoms with E-state index >= 15 is 0 Å². The van der Waals surface area contributed by atoms with Crippen LogP contribution < -0.4 is 4.90 Å². The van der Waals surface area contributed by atoms with E-state index < -0.39 is 32.8 Å². The third-order valence-electron chi connectivity index (χ3n) is 4.47. The zero-order valence-electron chi connectivity index (χ0n) is 15.8. The van der Waals surface area contributed by atoms with Crippen molar-refractivity contribution in [1.29, 1.82) is 0 Å². The van der Waals surface area contributed by atoms with Crippen molar-refractivity contribution in [2.75, 3.05) is 24.3 Å². The van der Waals surface area contributed by atoms with Gasteiger partial charge in [0.05, 0.1) is 13.2 Å². The van der Waals surface area contributed by atoms with Crippen LogP contribution in [0.15, 0.2) is 24.3 Å². The van der Waals surface area contributed by atoms with Crippen molar-refractivity contribution in [3.8, 4) is 11.8 Å².